The van der Waals surface area contributed by atoms with E-state index in [1.165, 1.54) is 22.6 Å². The molecule has 21 heavy (non-hydrogen) atoms. The van der Waals surface area contributed by atoms with E-state index in [0.29, 0.717) is 0 Å². The van der Waals surface area contributed by atoms with Crippen LogP contribution < -0.4 is 15.1 Å². The number of aromatic nitrogens is 1. The van der Waals surface area contributed by atoms with Crippen molar-refractivity contribution in [2.24, 2.45) is 0 Å². The summed E-state index contributed by atoms with van der Waals surface area (Å²) in [6.07, 6.45) is 3.85. The molecule has 0 atom stereocenters. The minimum absolute atomic E-state index is 0.878. The van der Waals surface area contributed by atoms with Gasteiger partial charge < -0.3 is 15.1 Å². The van der Waals surface area contributed by atoms with Crippen molar-refractivity contribution in [3.63, 3.8) is 0 Å². The number of nitrogens with one attached hydrogen (secondary N) is 1. The molecule has 2 heterocycles. The van der Waals surface area contributed by atoms with Crippen LogP contribution in [0.3, 0.4) is 0 Å². The molecular weight excluding hydrogens is 260 g/mol. The maximum Gasteiger partial charge on any atom is 0.0649 e. The first-order valence-electron chi connectivity index (χ1n) is 7.52. The normalized spacial score (nSPS) is 14.2. The highest BCUT2D eigenvalue weighted by Gasteiger charge is 2.22. The van der Waals surface area contributed by atoms with Crippen molar-refractivity contribution >= 4 is 17.1 Å². The van der Waals surface area contributed by atoms with Crippen molar-refractivity contribution in [3.8, 4) is 0 Å². The first-order chi connectivity index (χ1) is 10.3. The summed E-state index contributed by atoms with van der Waals surface area (Å²) < 4.78 is 0. The third-order valence-corrected chi connectivity index (χ3v) is 3.99. The predicted molar refractivity (Wildman–Crippen MR) is 88.3 cm³/mol. The highest BCUT2D eigenvalue weighted by atomic mass is 15.3. The molecule has 1 aromatic heterocycles. The minimum atomic E-state index is 0.878. The summed E-state index contributed by atoms with van der Waals surface area (Å²) in [5.74, 6) is 0. The van der Waals surface area contributed by atoms with E-state index in [1.54, 1.807) is 0 Å². The summed E-state index contributed by atoms with van der Waals surface area (Å²) in [5, 5.41) is 3.41. The van der Waals surface area contributed by atoms with Crippen LogP contribution in [0.15, 0.2) is 42.7 Å². The Morgan fingerprint density at radius 3 is 2.71 bits per heavy atom. The van der Waals surface area contributed by atoms with Crippen molar-refractivity contribution in [3.05, 3.63) is 48.3 Å². The van der Waals surface area contributed by atoms with Crippen LogP contribution >= 0.6 is 0 Å². The summed E-state index contributed by atoms with van der Waals surface area (Å²) in [6, 6.07) is 10.7. The van der Waals surface area contributed by atoms with E-state index in [1.807, 2.05) is 12.4 Å². The molecule has 0 aliphatic carbocycles. The van der Waals surface area contributed by atoms with E-state index in [9.17, 15) is 0 Å². The van der Waals surface area contributed by atoms with Gasteiger partial charge in [-0.3, -0.25) is 4.98 Å². The van der Waals surface area contributed by atoms with E-state index in [4.69, 9.17) is 0 Å². The maximum atomic E-state index is 4.34. The Morgan fingerprint density at radius 2 is 1.90 bits per heavy atom. The van der Waals surface area contributed by atoms with Gasteiger partial charge in [0.15, 0.2) is 0 Å². The summed E-state index contributed by atoms with van der Waals surface area (Å²) in [7, 11) is 2.15. The van der Waals surface area contributed by atoms with Crippen molar-refractivity contribution in [2.45, 2.75) is 13.5 Å². The van der Waals surface area contributed by atoms with Gasteiger partial charge in [0.05, 0.1) is 23.3 Å². The number of benzene rings is 1. The monoisotopic (exact) mass is 282 g/mol. The van der Waals surface area contributed by atoms with Crippen molar-refractivity contribution < 1.29 is 0 Å². The molecule has 2 aromatic rings. The van der Waals surface area contributed by atoms with Crippen LogP contribution in [0, 0.1) is 0 Å². The fourth-order valence-electron chi connectivity index (χ4n) is 2.82. The molecule has 0 fully saturated rings. The maximum absolute atomic E-state index is 4.34. The fourth-order valence-corrected chi connectivity index (χ4v) is 2.82. The molecule has 1 aromatic carbocycles. The minimum Gasteiger partial charge on any atom is -0.371 e. The molecule has 3 rings (SSSR count). The molecule has 0 radical (unpaired) electrons. The fraction of sp³-hybridized carbons (Fsp3) is 0.353. The quantitative estimate of drug-likeness (QED) is 0.934. The second kappa shape index (κ2) is 6.14. The zero-order valence-corrected chi connectivity index (χ0v) is 12.7. The van der Waals surface area contributed by atoms with Gasteiger partial charge in [0.25, 0.3) is 0 Å². The van der Waals surface area contributed by atoms with E-state index in [2.05, 4.69) is 64.4 Å². The zero-order valence-electron chi connectivity index (χ0n) is 12.7. The number of nitrogens with zero attached hydrogens (tertiary/aromatic N) is 3. The molecule has 1 aliphatic rings. The number of hydrogen-bond donors (Lipinski definition) is 1. The van der Waals surface area contributed by atoms with Crippen molar-refractivity contribution in [1.29, 1.82) is 0 Å². The molecule has 4 heteroatoms. The molecule has 0 saturated carbocycles. The molecule has 0 unspecified atom stereocenters. The van der Waals surface area contributed by atoms with Gasteiger partial charge in [-0.1, -0.05) is 19.1 Å². The Balaban J connectivity index is 2.00. The number of fused-ring (bicyclic) bond motifs is 1. The highest BCUT2D eigenvalue weighted by Crippen LogP contribution is 2.37. The molecular formula is C17H22N4. The summed E-state index contributed by atoms with van der Waals surface area (Å²) in [4.78, 5) is 9.03. The van der Waals surface area contributed by atoms with Gasteiger partial charge in [0.2, 0.25) is 0 Å². The van der Waals surface area contributed by atoms with E-state index in [-0.39, 0.29) is 0 Å². The zero-order chi connectivity index (χ0) is 14.7. The Hall–Kier alpha value is -2.07. The van der Waals surface area contributed by atoms with Gasteiger partial charge in [0, 0.05) is 32.9 Å². The molecule has 1 N–H and O–H groups in total. The van der Waals surface area contributed by atoms with E-state index < -0.39 is 0 Å². The highest BCUT2D eigenvalue weighted by molar-refractivity contribution is 5.79. The van der Waals surface area contributed by atoms with E-state index >= 15 is 0 Å². The van der Waals surface area contributed by atoms with Crippen molar-refractivity contribution in [1.82, 2.24) is 10.3 Å². The van der Waals surface area contributed by atoms with Crippen LogP contribution in [-0.4, -0.2) is 31.7 Å². The summed E-state index contributed by atoms with van der Waals surface area (Å²) in [6.45, 7) is 5.99. The van der Waals surface area contributed by atoms with Gasteiger partial charge in [-0.05, 0) is 30.3 Å². The molecule has 0 spiro atoms. The lowest BCUT2D eigenvalue weighted by molar-refractivity contribution is 0.721. The van der Waals surface area contributed by atoms with Crippen LogP contribution in [0.25, 0.3) is 0 Å². The van der Waals surface area contributed by atoms with Crippen LogP contribution in [0.2, 0.25) is 0 Å². The number of para-hydroxylation sites is 2. The second-order valence-electron chi connectivity index (χ2n) is 5.35. The Labute approximate surface area is 126 Å². The summed E-state index contributed by atoms with van der Waals surface area (Å²) >= 11 is 0. The smallest absolute Gasteiger partial charge is 0.0649 e. The lowest BCUT2D eigenvalue weighted by Gasteiger charge is -2.37. The lowest BCUT2D eigenvalue weighted by atomic mass is 10.1. The molecule has 110 valence electrons. The molecule has 1 aliphatic heterocycles. The van der Waals surface area contributed by atoms with E-state index in [0.717, 1.165) is 26.2 Å². The predicted octanol–water partition coefficient (Wildman–Crippen LogP) is 2.78. The van der Waals surface area contributed by atoms with Crippen LogP contribution in [0.1, 0.15) is 12.5 Å². The number of anilines is 3. The van der Waals surface area contributed by atoms with Crippen LogP contribution in [-0.2, 0) is 6.54 Å². The average molecular weight is 282 g/mol. The van der Waals surface area contributed by atoms with Crippen LogP contribution in [0.4, 0.5) is 17.1 Å². The van der Waals surface area contributed by atoms with Crippen LogP contribution in [0.5, 0.6) is 0 Å². The third-order valence-electron chi connectivity index (χ3n) is 3.99. The number of hydrogen-bond acceptors (Lipinski definition) is 4. The third kappa shape index (κ3) is 2.72. The van der Waals surface area contributed by atoms with Gasteiger partial charge >= 0.3 is 0 Å². The molecule has 0 bridgehead atoms. The molecule has 0 amide bonds. The second-order valence-corrected chi connectivity index (χ2v) is 5.35. The lowest BCUT2D eigenvalue weighted by Crippen LogP contribution is -2.37. The number of pyridine rings is 1. The SMILES string of the molecule is CCNCc1ccncc1N1CCN(C)c2ccccc21. The first-order valence-corrected chi connectivity index (χ1v) is 7.52. The van der Waals surface area contributed by atoms with Gasteiger partial charge in [0.1, 0.15) is 0 Å². The Morgan fingerprint density at radius 1 is 1.10 bits per heavy atom. The number of rotatable bonds is 4. The Bertz CT molecular complexity index is 611. The van der Waals surface area contributed by atoms with Gasteiger partial charge in [-0.25, -0.2) is 0 Å². The van der Waals surface area contributed by atoms with Gasteiger partial charge in [-0.2, -0.15) is 0 Å². The largest absolute Gasteiger partial charge is 0.371 e. The molecule has 0 saturated heterocycles. The number of likely N-dealkylation sites (N-methyl/N-ethyl adjacent to an activating group) is 1. The standard InChI is InChI=1S/C17H22N4/c1-3-18-12-14-8-9-19-13-17(14)21-11-10-20(2)15-6-4-5-7-16(15)21/h4-9,13,18H,3,10-12H2,1-2H3. The Kier molecular flexibility index (Phi) is 4.06. The van der Waals surface area contributed by atoms with Gasteiger partial charge in [-0.15, -0.1) is 0 Å². The first kappa shape index (κ1) is 13.9. The average Bonchev–Trinajstić information content (AvgIpc) is 2.54. The molecule has 4 nitrogen and oxygen atoms in total. The summed E-state index contributed by atoms with van der Waals surface area (Å²) in [5.41, 5.74) is 5.05. The van der Waals surface area contributed by atoms with Crippen molar-refractivity contribution in [2.75, 3.05) is 36.5 Å². The topological polar surface area (TPSA) is 31.4 Å².